The van der Waals surface area contributed by atoms with Crippen LogP contribution in [0.15, 0.2) is 10.7 Å². The van der Waals surface area contributed by atoms with Crippen LogP contribution in [0.2, 0.25) is 0 Å². The SMILES string of the molecule is N#CCc1cnc(CN)c(Br)c1C(F)F. The van der Waals surface area contributed by atoms with Gasteiger partial charge in [0.2, 0.25) is 0 Å². The van der Waals surface area contributed by atoms with Crippen LogP contribution in [0.3, 0.4) is 0 Å². The standard InChI is InChI=1S/C9H8BrF2N3/c10-8-6(3-14)15-4-5(1-2-13)7(8)9(11)12/h4,9H,1,3,14H2. The molecule has 2 N–H and O–H groups in total. The van der Waals surface area contributed by atoms with E-state index in [0.29, 0.717) is 5.69 Å². The molecule has 0 unspecified atom stereocenters. The Labute approximate surface area is 94.0 Å². The van der Waals surface area contributed by atoms with E-state index < -0.39 is 6.43 Å². The molecule has 0 bridgehead atoms. The van der Waals surface area contributed by atoms with Crippen molar-refractivity contribution >= 4 is 15.9 Å². The summed E-state index contributed by atoms with van der Waals surface area (Å²) in [4.78, 5) is 3.90. The summed E-state index contributed by atoms with van der Waals surface area (Å²) in [6.45, 7) is 0.0765. The van der Waals surface area contributed by atoms with Crippen molar-refractivity contribution < 1.29 is 8.78 Å². The minimum absolute atomic E-state index is 0.0765. The number of hydrogen-bond acceptors (Lipinski definition) is 3. The largest absolute Gasteiger partial charge is 0.325 e. The summed E-state index contributed by atoms with van der Waals surface area (Å²) in [5.41, 5.74) is 5.75. The van der Waals surface area contributed by atoms with Crippen LogP contribution in [0.25, 0.3) is 0 Å². The molecule has 6 heteroatoms. The molecule has 0 aromatic carbocycles. The average Bonchev–Trinajstić information content (AvgIpc) is 2.18. The van der Waals surface area contributed by atoms with Crippen LogP contribution >= 0.6 is 15.9 Å². The highest BCUT2D eigenvalue weighted by atomic mass is 79.9. The van der Waals surface area contributed by atoms with Gasteiger partial charge in [-0.1, -0.05) is 0 Å². The van der Waals surface area contributed by atoms with Crippen molar-refractivity contribution in [2.24, 2.45) is 5.73 Å². The van der Waals surface area contributed by atoms with Crippen LogP contribution in [0.5, 0.6) is 0 Å². The minimum Gasteiger partial charge on any atom is -0.325 e. The smallest absolute Gasteiger partial charge is 0.265 e. The predicted octanol–water partition coefficient (Wildman–Crippen LogP) is 2.31. The number of aromatic nitrogens is 1. The van der Waals surface area contributed by atoms with Gasteiger partial charge < -0.3 is 5.73 Å². The van der Waals surface area contributed by atoms with E-state index in [2.05, 4.69) is 20.9 Å². The Balaban J connectivity index is 3.32. The quantitative estimate of drug-likeness (QED) is 0.921. The fourth-order valence-corrected chi connectivity index (χ4v) is 1.87. The van der Waals surface area contributed by atoms with E-state index in [1.54, 1.807) is 0 Å². The second-order valence-electron chi connectivity index (χ2n) is 2.80. The molecule has 0 saturated heterocycles. The highest BCUT2D eigenvalue weighted by molar-refractivity contribution is 9.10. The molecule has 0 fully saturated rings. The van der Waals surface area contributed by atoms with Crippen molar-refractivity contribution in [1.82, 2.24) is 4.98 Å². The number of halogens is 3. The monoisotopic (exact) mass is 275 g/mol. The molecule has 1 heterocycles. The molecule has 3 nitrogen and oxygen atoms in total. The number of nitriles is 1. The van der Waals surface area contributed by atoms with Crippen LogP contribution < -0.4 is 5.73 Å². The molecule has 1 aromatic heterocycles. The van der Waals surface area contributed by atoms with Gasteiger partial charge in [0.1, 0.15) is 0 Å². The maximum atomic E-state index is 12.7. The molecule has 0 saturated carbocycles. The van der Waals surface area contributed by atoms with Gasteiger partial charge in [-0.15, -0.1) is 0 Å². The van der Waals surface area contributed by atoms with Crippen molar-refractivity contribution in [1.29, 1.82) is 5.26 Å². The van der Waals surface area contributed by atoms with Crippen LogP contribution in [0.1, 0.15) is 23.2 Å². The van der Waals surface area contributed by atoms with Gasteiger partial charge >= 0.3 is 0 Å². The predicted molar refractivity (Wildman–Crippen MR) is 54.1 cm³/mol. The Morgan fingerprint density at radius 3 is 2.73 bits per heavy atom. The van der Waals surface area contributed by atoms with E-state index >= 15 is 0 Å². The summed E-state index contributed by atoms with van der Waals surface area (Å²) in [5.74, 6) is 0. The topological polar surface area (TPSA) is 62.7 Å². The van der Waals surface area contributed by atoms with E-state index in [0.717, 1.165) is 0 Å². The molecule has 0 aliphatic rings. The summed E-state index contributed by atoms with van der Waals surface area (Å²) in [6, 6.07) is 1.82. The van der Waals surface area contributed by atoms with Crippen molar-refractivity contribution in [3.63, 3.8) is 0 Å². The van der Waals surface area contributed by atoms with E-state index in [-0.39, 0.29) is 28.6 Å². The summed E-state index contributed by atoms with van der Waals surface area (Å²) in [5, 5.41) is 8.48. The maximum Gasteiger partial charge on any atom is 0.265 e. The van der Waals surface area contributed by atoms with Gasteiger partial charge in [0.15, 0.2) is 0 Å². The van der Waals surface area contributed by atoms with Crippen LogP contribution in [-0.2, 0) is 13.0 Å². The third-order valence-electron chi connectivity index (χ3n) is 1.89. The molecule has 0 aliphatic carbocycles. The van der Waals surface area contributed by atoms with Gasteiger partial charge in [0.05, 0.1) is 18.2 Å². The second-order valence-corrected chi connectivity index (χ2v) is 3.59. The third kappa shape index (κ3) is 2.49. The van der Waals surface area contributed by atoms with E-state index in [1.807, 2.05) is 6.07 Å². The molecule has 1 rings (SSSR count). The highest BCUT2D eigenvalue weighted by Gasteiger charge is 2.19. The number of rotatable bonds is 3. The summed E-state index contributed by atoms with van der Waals surface area (Å²) < 4.78 is 25.6. The number of hydrogen-bond donors (Lipinski definition) is 1. The number of nitrogens with two attached hydrogens (primary N) is 1. The van der Waals surface area contributed by atoms with Gasteiger partial charge in [-0.3, -0.25) is 4.98 Å². The molecule has 15 heavy (non-hydrogen) atoms. The lowest BCUT2D eigenvalue weighted by Gasteiger charge is -2.10. The van der Waals surface area contributed by atoms with E-state index in [4.69, 9.17) is 11.0 Å². The zero-order valence-electron chi connectivity index (χ0n) is 7.67. The fourth-order valence-electron chi connectivity index (χ4n) is 1.18. The van der Waals surface area contributed by atoms with Crippen LogP contribution in [0.4, 0.5) is 8.78 Å². The number of nitrogens with zero attached hydrogens (tertiary/aromatic N) is 2. The summed E-state index contributed by atoms with van der Waals surface area (Å²) in [7, 11) is 0. The van der Waals surface area contributed by atoms with Gasteiger partial charge in [0.25, 0.3) is 6.43 Å². The lowest BCUT2D eigenvalue weighted by Crippen LogP contribution is -2.06. The molecule has 1 aromatic rings. The molecule has 80 valence electrons. The van der Waals surface area contributed by atoms with Gasteiger partial charge in [-0.05, 0) is 21.5 Å². The van der Waals surface area contributed by atoms with Crippen molar-refractivity contribution in [2.75, 3.05) is 0 Å². The van der Waals surface area contributed by atoms with Gasteiger partial charge in [-0.2, -0.15) is 5.26 Å². The summed E-state index contributed by atoms with van der Waals surface area (Å²) >= 11 is 3.03. The zero-order chi connectivity index (χ0) is 11.4. The third-order valence-corrected chi connectivity index (χ3v) is 2.78. The normalized spacial score (nSPS) is 10.4. The Bertz CT molecular complexity index is 401. The second kappa shape index (κ2) is 5.14. The Morgan fingerprint density at radius 2 is 2.27 bits per heavy atom. The Hall–Kier alpha value is -1.06. The Morgan fingerprint density at radius 1 is 1.60 bits per heavy atom. The van der Waals surface area contributed by atoms with Gasteiger partial charge in [-0.25, -0.2) is 8.78 Å². The molecule has 0 amide bonds. The first-order valence-corrected chi connectivity index (χ1v) is 4.92. The first kappa shape index (κ1) is 12.0. The lowest BCUT2D eigenvalue weighted by molar-refractivity contribution is 0.149. The first-order valence-electron chi connectivity index (χ1n) is 4.13. The fraction of sp³-hybridized carbons (Fsp3) is 0.333. The molecule has 0 aliphatic heterocycles. The van der Waals surface area contributed by atoms with Crippen molar-refractivity contribution in [3.8, 4) is 6.07 Å². The zero-order valence-corrected chi connectivity index (χ0v) is 9.26. The first-order chi connectivity index (χ1) is 7.11. The molecular formula is C9H8BrF2N3. The number of alkyl halides is 2. The molecule has 0 radical (unpaired) electrons. The number of pyridine rings is 1. The van der Waals surface area contributed by atoms with Crippen molar-refractivity contribution in [3.05, 3.63) is 27.5 Å². The molecule has 0 spiro atoms. The molecular weight excluding hydrogens is 268 g/mol. The Kier molecular flexibility index (Phi) is 4.12. The summed E-state index contributed by atoms with van der Waals surface area (Å²) in [6.07, 6.45) is -1.45. The minimum atomic E-state index is -2.64. The molecule has 0 atom stereocenters. The average molecular weight is 276 g/mol. The highest BCUT2D eigenvalue weighted by Crippen LogP contribution is 2.32. The lowest BCUT2D eigenvalue weighted by atomic mass is 10.1. The van der Waals surface area contributed by atoms with Crippen molar-refractivity contribution in [2.45, 2.75) is 19.4 Å². The van der Waals surface area contributed by atoms with Crippen LogP contribution in [-0.4, -0.2) is 4.98 Å². The van der Waals surface area contributed by atoms with E-state index in [9.17, 15) is 8.78 Å². The van der Waals surface area contributed by atoms with Crippen LogP contribution in [0, 0.1) is 11.3 Å². The van der Waals surface area contributed by atoms with Gasteiger partial charge in [0, 0.05) is 22.8 Å². The van der Waals surface area contributed by atoms with E-state index in [1.165, 1.54) is 6.20 Å². The maximum absolute atomic E-state index is 12.7.